The molecule has 18 heavy (non-hydrogen) atoms. The highest BCUT2D eigenvalue weighted by atomic mass is 16.2. The number of nitrogens with two attached hydrogens (primary N) is 1. The first-order valence-electron chi connectivity index (χ1n) is 5.88. The summed E-state index contributed by atoms with van der Waals surface area (Å²) < 4.78 is 0. The van der Waals surface area contributed by atoms with Crippen molar-refractivity contribution in [3.05, 3.63) is 29.3 Å². The Labute approximate surface area is 107 Å². The molecule has 0 aromatic heterocycles. The zero-order valence-electron chi connectivity index (χ0n) is 11.2. The molecule has 0 aliphatic carbocycles. The zero-order chi connectivity index (χ0) is 13.7. The van der Waals surface area contributed by atoms with E-state index in [1.807, 2.05) is 45.9 Å². The van der Waals surface area contributed by atoms with Crippen molar-refractivity contribution < 1.29 is 4.79 Å². The molecule has 1 rings (SSSR count). The van der Waals surface area contributed by atoms with Crippen molar-refractivity contribution in [3.8, 4) is 0 Å². The number of hydrogen-bond donors (Lipinski definition) is 3. The van der Waals surface area contributed by atoms with Gasteiger partial charge < -0.3 is 11.1 Å². The minimum absolute atomic E-state index is 0.0537. The third kappa shape index (κ3) is 4.08. The van der Waals surface area contributed by atoms with Crippen LogP contribution < -0.4 is 16.4 Å². The molecule has 0 atom stereocenters. The number of benzene rings is 1. The number of nitrogens with zero attached hydrogens (tertiary/aromatic N) is 1. The van der Waals surface area contributed by atoms with E-state index in [0.29, 0.717) is 0 Å². The van der Waals surface area contributed by atoms with Gasteiger partial charge in [-0.1, -0.05) is 18.2 Å². The van der Waals surface area contributed by atoms with Crippen LogP contribution in [-0.2, 0) is 0 Å². The number of hydrogen-bond acceptors (Lipinski definition) is 2. The first-order valence-corrected chi connectivity index (χ1v) is 5.88. The zero-order valence-corrected chi connectivity index (χ0v) is 11.2. The number of guanidine groups is 1. The van der Waals surface area contributed by atoms with Gasteiger partial charge in [-0.05, 0) is 38.8 Å². The van der Waals surface area contributed by atoms with Crippen LogP contribution >= 0.6 is 0 Å². The number of carbonyl (C=O) groups is 1. The van der Waals surface area contributed by atoms with Crippen LogP contribution in [0.15, 0.2) is 23.2 Å². The quantitative estimate of drug-likeness (QED) is 0.552. The van der Waals surface area contributed by atoms with Gasteiger partial charge in [0.05, 0.1) is 5.69 Å². The number of amides is 2. The summed E-state index contributed by atoms with van der Waals surface area (Å²) in [5.41, 5.74) is 8.52. The maximum atomic E-state index is 11.4. The normalized spacial score (nSPS) is 11.5. The number of aryl methyl sites for hydroxylation is 2. The van der Waals surface area contributed by atoms with E-state index < -0.39 is 0 Å². The summed E-state index contributed by atoms with van der Waals surface area (Å²) in [5.74, 6) is 0.0885. The van der Waals surface area contributed by atoms with E-state index in [4.69, 9.17) is 5.73 Å². The number of para-hydroxylation sites is 1. The molecule has 0 aliphatic rings. The summed E-state index contributed by atoms with van der Waals surface area (Å²) in [6.07, 6.45) is 0. The molecule has 4 N–H and O–H groups in total. The van der Waals surface area contributed by atoms with Crippen molar-refractivity contribution in [2.24, 2.45) is 10.7 Å². The Morgan fingerprint density at radius 3 is 2.33 bits per heavy atom. The van der Waals surface area contributed by atoms with E-state index in [1.54, 1.807) is 0 Å². The summed E-state index contributed by atoms with van der Waals surface area (Å²) in [7, 11) is 0. The highest BCUT2D eigenvalue weighted by Gasteiger charge is 2.05. The predicted molar refractivity (Wildman–Crippen MR) is 74.0 cm³/mol. The SMILES string of the molecule is Cc1cccc(C)c1N=C(N)NC(=O)NC(C)C. The van der Waals surface area contributed by atoms with E-state index in [2.05, 4.69) is 15.6 Å². The van der Waals surface area contributed by atoms with Gasteiger partial charge in [0.25, 0.3) is 0 Å². The molecule has 0 heterocycles. The predicted octanol–water partition coefficient (Wildman–Crippen LogP) is 1.96. The summed E-state index contributed by atoms with van der Waals surface area (Å²) in [5, 5.41) is 5.17. The summed E-state index contributed by atoms with van der Waals surface area (Å²) in [4.78, 5) is 15.7. The Bertz CT molecular complexity index is 446. The molecular weight excluding hydrogens is 228 g/mol. The fourth-order valence-corrected chi connectivity index (χ4v) is 1.55. The highest BCUT2D eigenvalue weighted by molar-refractivity contribution is 5.96. The van der Waals surface area contributed by atoms with E-state index in [0.717, 1.165) is 16.8 Å². The molecule has 5 nitrogen and oxygen atoms in total. The maximum absolute atomic E-state index is 11.4. The molecule has 0 saturated carbocycles. The fourth-order valence-electron chi connectivity index (χ4n) is 1.55. The van der Waals surface area contributed by atoms with Crippen LogP contribution in [0.3, 0.4) is 0 Å². The lowest BCUT2D eigenvalue weighted by Crippen LogP contribution is -2.45. The molecule has 0 radical (unpaired) electrons. The second-order valence-electron chi connectivity index (χ2n) is 4.49. The van der Waals surface area contributed by atoms with Crippen LogP contribution in [0.1, 0.15) is 25.0 Å². The summed E-state index contributed by atoms with van der Waals surface area (Å²) in [6, 6.07) is 5.56. The minimum atomic E-state index is -0.350. The van der Waals surface area contributed by atoms with Crippen molar-refractivity contribution >= 4 is 17.7 Å². The molecule has 0 saturated heterocycles. The van der Waals surface area contributed by atoms with E-state index >= 15 is 0 Å². The Morgan fingerprint density at radius 2 is 1.83 bits per heavy atom. The summed E-state index contributed by atoms with van der Waals surface area (Å²) in [6.45, 7) is 7.65. The monoisotopic (exact) mass is 248 g/mol. The number of nitrogens with one attached hydrogen (secondary N) is 2. The highest BCUT2D eigenvalue weighted by Crippen LogP contribution is 2.22. The van der Waals surface area contributed by atoms with Crippen molar-refractivity contribution in [1.29, 1.82) is 0 Å². The molecule has 5 heteroatoms. The van der Waals surface area contributed by atoms with Crippen molar-refractivity contribution in [2.75, 3.05) is 0 Å². The molecule has 0 unspecified atom stereocenters. The van der Waals surface area contributed by atoms with Crippen LogP contribution in [0.5, 0.6) is 0 Å². The van der Waals surface area contributed by atoms with Gasteiger partial charge in [0, 0.05) is 6.04 Å². The minimum Gasteiger partial charge on any atom is -0.369 e. The average molecular weight is 248 g/mol. The van der Waals surface area contributed by atoms with Gasteiger partial charge in [0.1, 0.15) is 0 Å². The van der Waals surface area contributed by atoms with Gasteiger partial charge in [-0.2, -0.15) is 0 Å². The summed E-state index contributed by atoms with van der Waals surface area (Å²) >= 11 is 0. The molecule has 0 fully saturated rings. The Kier molecular flexibility index (Phi) is 4.71. The number of urea groups is 1. The van der Waals surface area contributed by atoms with Crippen LogP contribution in [0, 0.1) is 13.8 Å². The van der Waals surface area contributed by atoms with E-state index in [-0.39, 0.29) is 18.0 Å². The molecule has 98 valence electrons. The Hall–Kier alpha value is -2.04. The molecule has 1 aromatic carbocycles. The van der Waals surface area contributed by atoms with Gasteiger partial charge in [-0.3, -0.25) is 5.32 Å². The molecular formula is C13H20N4O. The van der Waals surface area contributed by atoms with Crippen molar-refractivity contribution in [2.45, 2.75) is 33.7 Å². The smallest absolute Gasteiger partial charge is 0.321 e. The van der Waals surface area contributed by atoms with Gasteiger partial charge in [0.2, 0.25) is 5.96 Å². The third-order valence-corrected chi connectivity index (χ3v) is 2.33. The standard InChI is InChI=1S/C13H20N4O/c1-8(2)15-13(18)17-12(14)16-11-9(3)6-5-7-10(11)4/h5-8H,1-4H3,(H4,14,15,16,17,18). The fraction of sp³-hybridized carbons (Fsp3) is 0.385. The molecule has 2 amide bonds. The largest absolute Gasteiger partial charge is 0.369 e. The lowest BCUT2D eigenvalue weighted by Gasteiger charge is -2.10. The van der Waals surface area contributed by atoms with E-state index in [1.165, 1.54) is 0 Å². The second-order valence-corrected chi connectivity index (χ2v) is 4.49. The van der Waals surface area contributed by atoms with Crippen LogP contribution in [0.25, 0.3) is 0 Å². The molecule has 0 aliphatic heterocycles. The third-order valence-electron chi connectivity index (χ3n) is 2.33. The molecule has 0 spiro atoms. The van der Waals surface area contributed by atoms with Gasteiger partial charge in [-0.25, -0.2) is 9.79 Å². The number of carbonyl (C=O) groups excluding carboxylic acids is 1. The first-order chi connectivity index (χ1) is 8.40. The van der Waals surface area contributed by atoms with Crippen molar-refractivity contribution in [1.82, 2.24) is 10.6 Å². The van der Waals surface area contributed by atoms with Crippen LogP contribution in [0.2, 0.25) is 0 Å². The lowest BCUT2D eigenvalue weighted by atomic mass is 10.1. The second kappa shape index (κ2) is 6.05. The number of rotatable bonds is 2. The van der Waals surface area contributed by atoms with Gasteiger partial charge >= 0.3 is 6.03 Å². The number of aliphatic imine (C=N–C) groups is 1. The maximum Gasteiger partial charge on any atom is 0.321 e. The average Bonchev–Trinajstić information content (AvgIpc) is 2.22. The molecule has 1 aromatic rings. The van der Waals surface area contributed by atoms with Crippen molar-refractivity contribution in [3.63, 3.8) is 0 Å². The topological polar surface area (TPSA) is 79.5 Å². The Balaban J connectivity index is 2.80. The lowest BCUT2D eigenvalue weighted by molar-refractivity contribution is 0.243. The van der Waals surface area contributed by atoms with Gasteiger partial charge in [0.15, 0.2) is 0 Å². The molecule has 0 bridgehead atoms. The van der Waals surface area contributed by atoms with Gasteiger partial charge in [-0.15, -0.1) is 0 Å². The first kappa shape index (κ1) is 14.0. The van der Waals surface area contributed by atoms with Crippen LogP contribution in [0.4, 0.5) is 10.5 Å². The van der Waals surface area contributed by atoms with E-state index in [9.17, 15) is 4.79 Å². The van der Waals surface area contributed by atoms with Crippen LogP contribution in [-0.4, -0.2) is 18.0 Å². The Morgan fingerprint density at radius 1 is 1.28 bits per heavy atom.